The lowest BCUT2D eigenvalue weighted by Gasteiger charge is -2.42. The predicted molar refractivity (Wildman–Crippen MR) is 70.8 cm³/mol. The maximum Gasteiger partial charge on any atom is 0.128 e. The lowest BCUT2D eigenvalue weighted by Crippen LogP contribution is -2.55. The Labute approximate surface area is 106 Å². The molecule has 88 valence electrons. The summed E-state index contributed by atoms with van der Waals surface area (Å²) in [4.78, 5) is 9.25. The first-order chi connectivity index (χ1) is 7.58. The Kier molecular flexibility index (Phi) is 3.50. The van der Waals surface area contributed by atoms with Gasteiger partial charge in [-0.05, 0) is 49.0 Å². The maximum atomic E-state index is 4.46. The van der Waals surface area contributed by atoms with Crippen molar-refractivity contribution in [1.29, 1.82) is 0 Å². The zero-order valence-electron chi connectivity index (χ0n) is 10.0. The highest BCUT2D eigenvalue weighted by molar-refractivity contribution is 9.10. The molecule has 1 aliphatic rings. The second-order valence-electron chi connectivity index (χ2n) is 4.60. The minimum Gasteiger partial charge on any atom is -0.354 e. The van der Waals surface area contributed by atoms with E-state index in [2.05, 4.69) is 63.7 Å². The molecule has 3 nitrogen and oxygen atoms in total. The number of rotatable bonds is 1. The summed E-state index contributed by atoms with van der Waals surface area (Å²) in [6.07, 6.45) is 1.86. The van der Waals surface area contributed by atoms with Crippen molar-refractivity contribution in [2.45, 2.75) is 25.9 Å². The van der Waals surface area contributed by atoms with Crippen molar-refractivity contribution in [2.75, 3.05) is 25.0 Å². The van der Waals surface area contributed by atoms with Crippen LogP contribution in [0, 0.1) is 0 Å². The van der Waals surface area contributed by atoms with E-state index >= 15 is 0 Å². The van der Waals surface area contributed by atoms with Crippen molar-refractivity contribution < 1.29 is 0 Å². The summed E-state index contributed by atoms with van der Waals surface area (Å²) in [6, 6.07) is 5.29. The second-order valence-corrected chi connectivity index (χ2v) is 5.52. The monoisotopic (exact) mass is 283 g/mol. The lowest BCUT2D eigenvalue weighted by molar-refractivity contribution is 0.169. The Morgan fingerprint density at radius 1 is 1.25 bits per heavy atom. The molecule has 0 radical (unpaired) electrons. The van der Waals surface area contributed by atoms with Crippen LogP contribution in [0.15, 0.2) is 22.8 Å². The normalized spacial score (nSPS) is 27.1. The number of hydrogen-bond acceptors (Lipinski definition) is 3. The van der Waals surface area contributed by atoms with E-state index in [9.17, 15) is 0 Å². The average Bonchev–Trinajstić information content (AvgIpc) is 2.26. The Morgan fingerprint density at radius 2 is 1.88 bits per heavy atom. The van der Waals surface area contributed by atoms with Gasteiger partial charge in [-0.25, -0.2) is 4.98 Å². The number of pyridine rings is 1. The molecule has 0 amide bonds. The van der Waals surface area contributed by atoms with Crippen LogP contribution in [0.3, 0.4) is 0 Å². The third-order valence-electron chi connectivity index (χ3n) is 3.40. The van der Waals surface area contributed by atoms with Crippen molar-refractivity contribution in [3.05, 3.63) is 22.8 Å². The molecule has 1 saturated heterocycles. The van der Waals surface area contributed by atoms with E-state index < -0.39 is 0 Å². The summed E-state index contributed by atoms with van der Waals surface area (Å²) in [5.74, 6) is 1.08. The molecule has 0 saturated carbocycles. The van der Waals surface area contributed by atoms with Gasteiger partial charge >= 0.3 is 0 Å². The third-order valence-corrected chi connectivity index (χ3v) is 3.86. The minimum atomic E-state index is 0.578. The highest BCUT2D eigenvalue weighted by Crippen LogP contribution is 2.20. The molecule has 2 heterocycles. The molecule has 1 aromatic rings. The van der Waals surface area contributed by atoms with Crippen LogP contribution in [0.2, 0.25) is 0 Å². The van der Waals surface area contributed by atoms with Crippen LogP contribution in [0.1, 0.15) is 13.8 Å². The molecule has 2 rings (SSSR count). The molecule has 2 unspecified atom stereocenters. The molecule has 0 aliphatic carbocycles. The summed E-state index contributed by atoms with van der Waals surface area (Å²) in [5.41, 5.74) is 0. The van der Waals surface area contributed by atoms with Gasteiger partial charge in [-0.15, -0.1) is 0 Å². The van der Waals surface area contributed by atoms with Crippen molar-refractivity contribution in [1.82, 2.24) is 9.88 Å². The Balaban J connectivity index is 2.13. The van der Waals surface area contributed by atoms with Crippen LogP contribution in [0.4, 0.5) is 5.82 Å². The zero-order valence-corrected chi connectivity index (χ0v) is 11.6. The van der Waals surface area contributed by atoms with E-state index in [0.717, 1.165) is 23.4 Å². The van der Waals surface area contributed by atoms with Gasteiger partial charge in [0.1, 0.15) is 5.82 Å². The number of nitrogens with zero attached hydrogens (tertiary/aromatic N) is 3. The van der Waals surface area contributed by atoms with Crippen LogP contribution in [-0.4, -0.2) is 42.1 Å². The van der Waals surface area contributed by atoms with Crippen LogP contribution >= 0.6 is 15.9 Å². The molecular weight excluding hydrogens is 266 g/mol. The minimum absolute atomic E-state index is 0.578. The molecule has 0 bridgehead atoms. The van der Waals surface area contributed by atoms with Gasteiger partial charge in [-0.1, -0.05) is 0 Å². The third kappa shape index (κ3) is 2.38. The SMILES string of the molecule is CC1CN(c2ccc(Br)cn2)CC(C)N1C. The second kappa shape index (κ2) is 4.72. The van der Waals surface area contributed by atoms with Crippen molar-refractivity contribution >= 4 is 21.7 Å². The van der Waals surface area contributed by atoms with Crippen molar-refractivity contribution in [2.24, 2.45) is 0 Å². The number of anilines is 1. The fraction of sp³-hybridized carbons (Fsp3) is 0.583. The molecule has 4 heteroatoms. The van der Waals surface area contributed by atoms with Gasteiger partial charge in [0.15, 0.2) is 0 Å². The van der Waals surface area contributed by atoms with Gasteiger partial charge in [0.05, 0.1) is 0 Å². The topological polar surface area (TPSA) is 19.4 Å². The van der Waals surface area contributed by atoms with E-state index in [-0.39, 0.29) is 0 Å². The molecule has 1 aliphatic heterocycles. The Hall–Kier alpha value is -0.610. The smallest absolute Gasteiger partial charge is 0.128 e. The molecule has 0 aromatic carbocycles. The number of halogens is 1. The molecule has 0 spiro atoms. The summed E-state index contributed by atoms with van der Waals surface area (Å²) in [6.45, 7) is 6.63. The number of likely N-dealkylation sites (N-methyl/N-ethyl adjacent to an activating group) is 1. The molecule has 1 aromatic heterocycles. The highest BCUT2D eigenvalue weighted by Gasteiger charge is 2.26. The largest absolute Gasteiger partial charge is 0.354 e. The van der Waals surface area contributed by atoms with E-state index in [1.54, 1.807) is 0 Å². The summed E-state index contributed by atoms with van der Waals surface area (Å²) in [5, 5.41) is 0. The maximum absolute atomic E-state index is 4.46. The van der Waals surface area contributed by atoms with Crippen LogP contribution in [-0.2, 0) is 0 Å². The fourth-order valence-corrected chi connectivity index (χ4v) is 2.38. The number of hydrogen-bond donors (Lipinski definition) is 0. The molecule has 0 N–H and O–H groups in total. The van der Waals surface area contributed by atoms with Gasteiger partial charge in [-0.2, -0.15) is 0 Å². The first kappa shape index (κ1) is 11.9. The van der Waals surface area contributed by atoms with E-state index in [4.69, 9.17) is 0 Å². The van der Waals surface area contributed by atoms with Gasteiger partial charge in [0, 0.05) is 35.8 Å². The first-order valence-corrected chi connectivity index (χ1v) is 6.45. The van der Waals surface area contributed by atoms with Crippen LogP contribution < -0.4 is 4.90 Å². The summed E-state index contributed by atoms with van der Waals surface area (Å²) in [7, 11) is 2.20. The summed E-state index contributed by atoms with van der Waals surface area (Å²) >= 11 is 3.41. The number of piperazine rings is 1. The van der Waals surface area contributed by atoms with Gasteiger partial charge in [-0.3, -0.25) is 4.90 Å². The van der Waals surface area contributed by atoms with Gasteiger partial charge < -0.3 is 4.90 Å². The van der Waals surface area contributed by atoms with E-state index in [1.807, 2.05) is 6.20 Å². The predicted octanol–water partition coefficient (Wildman–Crippen LogP) is 2.37. The standard InChI is InChI=1S/C12H18BrN3/c1-9-7-16(8-10(2)15(9)3)12-5-4-11(13)6-14-12/h4-6,9-10H,7-8H2,1-3H3. The van der Waals surface area contributed by atoms with Crippen molar-refractivity contribution in [3.8, 4) is 0 Å². The quantitative estimate of drug-likeness (QED) is 0.789. The van der Waals surface area contributed by atoms with E-state index in [1.165, 1.54) is 0 Å². The fourth-order valence-electron chi connectivity index (χ4n) is 2.15. The van der Waals surface area contributed by atoms with E-state index in [0.29, 0.717) is 12.1 Å². The first-order valence-electron chi connectivity index (χ1n) is 5.66. The number of aromatic nitrogens is 1. The molecule has 1 fully saturated rings. The zero-order chi connectivity index (χ0) is 11.7. The lowest BCUT2D eigenvalue weighted by atomic mass is 10.1. The van der Waals surface area contributed by atoms with Crippen LogP contribution in [0.25, 0.3) is 0 Å². The van der Waals surface area contributed by atoms with Crippen molar-refractivity contribution in [3.63, 3.8) is 0 Å². The average molecular weight is 284 g/mol. The van der Waals surface area contributed by atoms with Crippen LogP contribution in [0.5, 0.6) is 0 Å². The van der Waals surface area contributed by atoms with Gasteiger partial charge in [0.25, 0.3) is 0 Å². The summed E-state index contributed by atoms with van der Waals surface area (Å²) < 4.78 is 1.03. The molecule has 16 heavy (non-hydrogen) atoms. The highest BCUT2D eigenvalue weighted by atomic mass is 79.9. The molecular formula is C12H18BrN3. The van der Waals surface area contributed by atoms with Gasteiger partial charge in [0.2, 0.25) is 0 Å². The Morgan fingerprint density at radius 3 is 2.38 bits per heavy atom. The Bertz CT molecular complexity index is 340. The molecule has 2 atom stereocenters.